The Bertz CT molecular complexity index is 601. The number of rotatable bonds is 3. The lowest BCUT2D eigenvalue weighted by Gasteiger charge is -2.08. The third-order valence-corrected chi connectivity index (χ3v) is 2.64. The zero-order valence-corrected chi connectivity index (χ0v) is 9.91. The number of fused-ring (bicyclic) bond motifs is 1. The molecule has 2 N–H and O–H groups in total. The van der Waals surface area contributed by atoms with Crippen LogP contribution >= 0.6 is 0 Å². The van der Waals surface area contributed by atoms with Gasteiger partial charge in [0, 0.05) is 12.6 Å². The van der Waals surface area contributed by atoms with Crippen LogP contribution in [0.5, 0.6) is 5.75 Å². The molecule has 0 atom stereocenters. The van der Waals surface area contributed by atoms with E-state index in [2.05, 4.69) is 5.32 Å². The molecule has 4 nitrogen and oxygen atoms in total. The van der Waals surface area contributed by atoms with Gasteiger partial charge in [-0.15, -0.1) is 0 Å². The van der Waals surface area contributed by atoms with E-state index in [0.717, 1.165) is 13.0 Å². The van der Waals surface area contributed by atoms with Crippen molar-refractivity contribution in [1.82, 2.24) is 0 Å². The van der Waals surface area contributed by atoms with E-state index in [9.17, 15) is 9.90 Å². The van der Waals surface area contributed by atoms with Crippen molar-refractivity contribution in [2.45, 2.75) is 20.3 Å². The second-order valence-corrected chi connectivity index (χ2v) is 3.99. The first kappa shape index (κ1) is 11.5. The molecule has 1 aromatic heterocycles. The van der Waals surface area contributed by atoms with Crippen LogP contribution in [0, 0.1) is 6.92 Å². The van der Waals surface area contributed by atoms with Crippen LogP contribution in [0.15, 0.2) is 27.4 Å². The molecule has 0 aliphatic heterocycles. The third-order valence-electron chi connectivity index (χ3n) is 2.64. The van der Waals surface area contributed by atoms with E-state index in [1.165, 1.54) is 12.1 Å². The van der Waals surface area contributed by atoms with E-state index in [1.54, 1.807) is 13.0 Å². The van der Waals surface area contributed by atoms with Gasteiger partial charge < -0.3 is 14.8 Å². The summed E-state index contributed by atoms with van der Waals surface area (Å²) in [6, 6.07) is 4.51. The highest BCUT2D eigenvalue weighted by Crippen LogP contribution is 2.22. The number of aromatic hydroxyl groups is 1. The smallest absolute Gasteiger partial charge is 0.200 e. The number of phenolic OH excluding ortho intramolecular Hbond substituents is 1. The summed E-state index contributed by atoms with van der Waals surface area (Å²) in [5.74, 6) is 0.570. The third kappa shape index (κ3) is 2.11. The molecule has 0 bridgehead atoms. The Kier molecular flexibility index (Phi) is 3.04. The minimum Gasteiger partial charge on any atom is -0.508 e. The predicted octanol–water partition coefficient (Wildman–Crippen LogP) is 2.63. The van der Waals surface area contributed by atoms with Crippen molar-refractivity contribution in [2.24, 2.45) is 0 Å². The lowest BCUT2D eigenvalue weighted by atomic mass is 10.1. The van der Waals surface area contributed by atoms with Crippen LogP contribution in [0.4, 0.5) is 5.88 Å². The summed E-state index contributed by atoms with van der Waals surface area (Å²) in [4.78, 5) is 12.0. The molecule has 0 radical (unpaired) electrons. The molecule has 2 aromatic rings. The van der Waals surface area contributed by atoms with Crippen LogP contribution in [0.25, 0.3) is 11.0 Å². The van der Waals surface area contributed by atoms with Gasteiger partial charge in [0.25, 0.3) is 0 Å². The molecule has 0 fully saturated rings. The SMILES string of the molecule is CCCNc1oc2cc(O)ccc2c(=O)c1C. The molecule has 0 aliphatic carbocycles. The minimum atomic E-state index is -0.0650. The fourth-order valence-corrected chi connectivity index (χ4v) is 1.68. The molecule has 17 heavy (non-hydrogen) atoms. The van der Waals surface area contributed by atoms with Gasteiger partial charge in [-0.2, -0.15) is 0 Å². The van der Waals surface area contributed by atoms with Crippen LogP contribution in [0.2, 0.25) is 0 Å². The maximum atomic E-state index is 12.0. The molecule has 90 valence electrons. The van der Waals surface area contributed by atoms with Crippen molar-refractivity contribution in [1.29, 1.82) is 0 Å². The quantitative estimate of drug-likeness (QED) is 0.855. The summed E-state index contributed by atoms with van der Waals surface area (Å²) in [5.41, 5.74) is 0.903. The second kappa shape index (κ2) is 4.49. The van der Waals surface area contributed by atoms with Crippen molar-refractivity contribution < 1.29 is 9.52 Å². The average molecular weight is 233 g/mol. The molecular weight excluding hydrogens is 218 g/mol. The van der Waals surface area contributed by atoms with Gasteiger partial charge >= 0.3 is 0 Å². The lowest BCUT2D eigenvalue weighted by Crippen LogP contribution is -2.11. The number of hydrogen-bond donors (Lipinski definition) is 2. The van der Waals surface area contributed by atoms with Gasteiger partial charge in [-0.25, -0.2) is 0 Å². The van der Waals surface area contributed by atoms with E-state index in [4.69, 9.17) is 4.42 Å². The Morgan fingerprint density at radius 1 is 1.41 bits per heavy atom. The Labute approximate surface area is 98.9 Å². The Morgan fingerprint density at radius 3 is 2.88 bits per heavy atom. The Balaban J connectivity index is 2.63. The molecule has 0 saturated heterocycles. The normalized spacial score (nSPS) is 10.7. The standard InChI is InChI=1S/C13H15NO3/c1-3-6-14-13-8(2)12(16)10-5-4-9(15)7-11(10)17-13/h4-5,7,14-15H,3,6H2,1-2H3. The van der Waals surface area contributed by atoms with Crippen LogP contribution in [0.3, 0.4) is 0 Å². The zero-order valence-electron chi connectivity index (χ0n) is 9.91. The van der Waals surface area contributed by atoms with Gasteiger partial charge in [-0.3, -0.25) is 4.79 Å². The summed E-state index contributed by atoms with van der Waals surface area (Å²) in [6.45, 7) is 4.51. The Hall–Kier alpha value is -1.97. The monoisotopic (exact) mass is 233 g/mol. The summed E-state index contributed by atoms with van der Waals surface area (Å²) in [5, 5.41) is 12.9. The van der Waals surface area contributed by atoms with E-state index < -0.39 is 0 Å². The van der Waals surface area contributed by atoms with E-state index >= 15 is 0 Å². The summed E-state index contributed by atoms with van der Waals surface area (Å²) < 4.78 is 5.59. The van der Waals surface area contributed by atoms with Crippen molar-refractivity contribution >= 4 is 16.9 Å². The maximum Gasteiger partial charge on any atom is 0.200 e. The van der Waals surface area contributed by atoms with Crippen molar-refractivity contribution in [2.75, 3.05) is 11.9 Å². The van der Waals surface area contributed by atoms with Gasteiger partial charge in [0.1, 0.15) is 11.3 Å². The highest BCUT2D eigenvalue weighted by molar-refractivity contribution is 5.80. The van der Waals surface area contributed by atoms with Crippen LogP contribution in [-0.2, 0) is 0 Å². The Morgan fingerprint density at radius 2 is 2.18 bits per heavy atom. The molecule has 0 unspecified atom stereocenters. The minimum absolute atomic E-state index is 0.0650. The van der Waals surface area contributed by atoms with Gasteiger partial charge in [-0.05, 0) is 25.5 Å². The molecule has 0 aliphatic rings. The molecule has 1 heterocycles. The number of phenols is 1. The van der Waals surface area contributed by atoms with E-state index in [-0.39, 0.29) is 11.2 Å². The molecule has 2 rings (SSSR count). The van der Waals surface area contributed by atoms with Gasteiger partial charge in [0.2, 0.25) is 0 Å². The predicted molar refractivity (Wildman–Crippen MR) is 67.7 cm³/mol. The first-order valence-corrected chi connectivity index (χ1v) is 5.63. The van der Waals surface area contributed by atoms with Crippen molar-refractivity contribution in [3.63, 3.8) is 0 Å². The first-order chi connectivity index (χ1) is 8.13. The number of nitrogens with one attached hydrogen (secondary N) is 1. The maximum absolute atomic E-state index is 12.0. The number of anilines is 1. The average Bonchev–Trinajstić information content (AvgIpc) is 2.31. The topological polar surface area (TPSA) is 62.5 Å². The van der Waals surface area contributed by atoms with Gasteiger partial charge in [0.05, 0.1) is 10.9 Å². The highest BCUT2D eigenvalue weighted by Gasteiger charge is 2.10. The summed E-state index contributed by atoms with van der Waals surface area (Å²) in [6.07, 6.45) is 0.946. The molecule has 0 amide bonds. The molecule has 1 aromatic carbocycles. The summed E-state index contributed by atoms with van der Waals surface area (Å²) >= 11 is 0. The lowest BCUT2D eigenvalue weighted by molar-refractivity contribution is 0.474. The van der Waals surface area contributed by atoms with Crippen LogP contribution in [-0.4, -0.2) is 11.7 Å². The van der Waals surface area contributed by atoms with Gasteiger partial charge in [-0.1, -0.05) is 6.92 Å². The van der Waals surface area contributed by atoms with Crippen molar-refractivity contribution in [3.05, 3.63) is 34.0 Å². The molecule has 4 heteroatoms. The number of benzene rings is 1. The largest absolute Gasteiger partial charge is 0.508 e. The second-order valence-electron chi connectivity index (χ2n) is 3.99. The van der Waals surface area contributed by atoms with Crippen LogP contribution < -0.4 is 10.7 Å². The fraction of sp³-hybridized carbons (Fsp3) is 0.308. The molecule has 0 saturated carbocycles. The highest BCUT2D eigenvalue weighted by atomic mass is 16.3. The van der Waals surface area contributed by atoms with E-state index in [0.29, 0.717) is 22.4 Å². The fourth-order valence-electron chi connectivity index (χ4n) is 1.68. The first-order valence-electron chi connectivity index (χ1n) is 5.63. The van der Waals surface area contributed by atoms with Crippen LogP contribution in [0.1, 0.15) is 18.9 Å². The van der Waals surface area contributed by atoms with E-state index in [1.807, 2.05) is 6.92 Å². The van der Waals surface area contributed by atoms with Gasteiger partial charge in [0.15, 0.2) is 11.3 Å². The molecular formula is C13H15NO3. The zero-order chi connectivity index (χ0) is 12.4. The number of hydrogen-bond acceptors (Lipinski definition) is 4. The van der Waals surface area contributed by atoms with Crippen molar-refractivity contribution in [3.8, 4) is 5.75 Å². The molecule has 0 spiro atoms. The summed E-state index contributed by atoms with van der Waals surface area (Å²) in [7, 11) is 0.